The number of aryl methyl sites for hydroxylation is 1. The van der Waals surface area contributed by atoms with Gasteiger partial charge in [-0.3, -0.25) is 9.59 Å². The van der Waals surface area contributed by atoms with Crippen LogP contribution in [0.15, 0.2) is 24.3 Å². The molecule has 0 saturated heterocycles. The fraction of sp³-hybridized carbons (Fsp3) is 0.500. The smallest absolute Gasteiger partial charge is 0.242 e. The molecular weight excluding hydrogens is 268 g/mol. The fourth-order valence-electron chi connectivity index (χ4n) is 2.84. The maximum atomic E-state index is 11.9. The van der Waals surface area contributed by atoms with Crippen molar-refractivity contribution in [2.75, 3.05) is 6.54 Å². The number of benzene rings is 1. The van der Waals surface area contributed by atoms with Crippen molar-refractivity contribution in [3.8, 4) is 0 Å². The zero-order chi connectivity index (χ0) is 15.5. The number of carbonyl (C=O) groups excluding carboxylic acids is 2. The lowest BCUT2D eigenvalue weighted by atomic mass is 9.79. The van der Waals surface area contributed by atoms with Crippen molar-refractivity contribution in [1.82, 2.24) is 10.6 Å². The van der Waals surface area contributed by atoms with E-state index in [9.17, 15) is 14.7 Å². The van der Waals surface area contributed by atoms with Crippen LogP contribution in [0.1, 0.15) is 37.8 Å². The van der Waals surface area contributed by atoms with Gasteiger partial charge >= 0.3 is 0 Å². The Morgan fingerprint density at radius 2 is 2.10 bits per heavy atom. The monoisotopic (exact) mass is 290 g/mol. The number of hydrogen-bond donors (Lipinski definition) is 3. The van der Waals surface area contributed by atoms with Crippen molar-refractivity contribution in [2.45, 2.75) is 44.8 Å². The van der Waals surface area contributed by atoms with Gasteiger partial charge in [-0.2, -0.15) is 0 Å². The molecule has 2 amide bonds. The van der Waals surface area contributed by atoms with E-state index in [2.05, 4.69) is 10.6 Å². The fourth-order valence-corrected chi connectivity index (χ4v) is 2.84. The molecule has 5 nitrogen and oxygen atoms in total. The standard InChI is InChI=1S/C16H22N2O3/c1-11(18-12(2)19)15(20)17-10-16(21)9-5-7-13-6-3-4-8-14(13)16/h3-4,6,8,11,21H,5,7,9-10H2,1-2H3,(H,17,20)(H,18,19). The summed E-state index contributed by atoms with van der Waals surface area (Å²) in [7, 11) is 0. The molecule has 2 unspecified atom stereocenters. The van der Waals surface area contributed by atoms with Gasteiger partial charge in [-0.25, -0.2) is 0 Å². The minimum Gasteiger partial charge on any atom is -0.383 e. The highest BCUT2D eigenvalue weighted by Gasteiger charge is 2.34. The Kier molecular flexibility index (Phi) is 4.63. The molecule has 0 radical (unpaired) electrons. The second-order valence-corrected chi connectivity index (χ2v) is 5.68. The van der Waals surface area contributed by atoms with Crippen LogP contribution in [-0.2, 0) is 21.6 Å². The highest BCUT2D eigenvalue weighted by Crippen LogP contribution is 2.34. The number of rotatable bonds is 4. The summed E-state index contributed by atoms with van der Waals surface area (Å²) in [6.07, 6.45) is 2.47. The molecule has 2 atom stereocenters. The number of amides is 2. The molecule has 0 saturated carbocycles. The number of nitrogens with one attached hydrogen (secondary N) is 2. The Morgan fingerprint density at radius 3 is 2.81 bits per heavy atom. The maximum Gasteiger partial charge on any atom is 0.242 e. The van der Waals surface area contributed by atoms with E-state index in [0.717, 1.165) is 24.0 Å². The van der Waals surface area contributed by atoms with Crippen molar-refractivity contribution in [2.24, 2.45) is 0 Å². The number of fused-ring (bicyclic) bond motifs is 1. The Morgan fingerprint density at radius 1 is 1.38 bits per heavy atom. The molecule has 21 heavy (non-hydrogen) atoms. The van der Waals surface area contributed by atoms with Crippen LogP contribution in [0.4, 0.5) is 0 Å². The molecule has 0 spiro atoms. The van der Waals surface area contributed by atoms with Crippen molar-refractivity contribution in [1.29, 1.82) is 0 Å². The van der Waals surface area contributed by atoms with Gasteiger partial charge in [-0.1, -0.05) is 24.3 Å². The third kappa shape index (κ3) is 3.61. The third-order valence-corrected chi connectivity index (χ3v) is 3.92. The number of carbonyl (C=O) groups is 2. The Bertz CT molecular complexity index is 544. The van der Waals surface area contributed by atoms with E-state index in [4.69, 9.17) is 0 Å². The molecule has 0 bridgehead atoms. The summed E-state index contributed by atoms with van der Waals surface area (Å²) in [5, 5.41) is 16.1. The number of hydrogen-bond acceptors (Lipinski definition) is 3. The van der Waals surface area contributed by atoms with Gasteiger partial charge in [-0.15, -0.1) is 0 Å². The molecule has 114 valence electrons. The maximum absolute atomic E-state index is 11.9. The zero-order valence-electron chi connectivity index (χ0n) is 12.5. The molecule has 1 aliphatic rings. The molecule has 0 fully saturated rings. The average Bonchev–Trinajstić information content (AvgIpc) is 2.45. The quantitative estimate of drug-likeness (QED) is 0.769. The van der Waals surface area contributed by atoms with E-state index >= 15 is 0 Å². The van der Waals surface area contributed by atoms with Crippen molar-refractivity contribution < 1.29 is 14.7 Å². The number of aliphatic hydroxyl groups is 1. The Balaban J connectivity index is 2.03. The molecular formula is C16H22N2O3. The summed E-state index contributed by atoms with van der Waals surface area (Å²) < 4.78 is 0. The Hall–Kier alpha value is -1.88. The van der Waals surface area contributed by atoms with Gasteiger partial charge in [-0.05, 0) is 37.3 Å². The SMILES string of the molecule is CC(=O)NC(C)C(=O)NCC1(O)CCCc2ccccc21. The van der Waals surface area contributed by atoms with Crippen LogP contribution in [0, 0.1) is 0 Å². The van der Waals surface area contributed by atoms with Crippen LogP contribution in [0.5, 0.6) is 0 Å². The zero-order valence-corrected chi connectivity index (χ0v) is 12.5. The predicted octanol–water partition coefficient (Wildman–Crippen LogP) is 0.851. The van der Waals surface area contributed by atoms with Gasteiger partial charge in [0.1, 0.15) is 11.6 Å². The average molecular weight is 290 g/mol. The summed E-state index contributed by atoms with van der Waals surface area (Å²) in [5.74, 6) is -0.541. The molecule has 1 aliphatic carbocycles. The van der Waals surface area contributed by atoms with Crippen LogP contribution in [-0.4, -0.2) is 29.5 Å². The van der Waals surface area contributed by atoms with E-state index in [1.807, 2.05) is 24.3 Å². The van der Waals surface area contributed by atoms with Crippen LogP contribution in [0.25, 0.3) is 0 Å². The van der Waals surface area contributed by atoms with Gasteiger partial charge in [0.05, 0.1) is 6.54 Å². The van der Waals surface area contributed by atoms with Crippen LogP contribution < -0.4 is 10.6 Å². The first kappa shape index (κ1) is 15.5. The van der Waals surface area contributed by atoms with Gasteiger partial charge in [0.25, 0.3) is 0 Å². The Labute approximate surface area is 124 Å². The topological polar surface area (TPSA) is 78.4 Å². The molecule has 0 aromatic heterocycles. The van der Waals surface area contributed by atoms with Crippen LogP contribution in [0.3, 0.4) is 0 Å². The molecule has 0 aliphatic heterocycles. The highest BCUT2D eigenvalue weighted by molar-refractivity contribution is 5.86. The lowest BCUT2D eigenvalue weighted by molar-refractivity contribution is -0.128. The predicted molar refractivity (Wildman–Crippen MR) is 79.6 cm³/mol. The second kappa shape index (κ2) is 6.26. The van der Waals surface area contributed by atoms with Gasteiger partial charge in [0.2, 0.25) is 11.8 Å². The van der Waals surface area contributed by atoms with Gasteiger partial charge in [0.15, 0.2) is 0 Å². The minimum absolute atomic E-state index is 0.159. The summed E-state index contributed by atoms with van der Waals surface area (Å²) in [6.45, 7) is 3.15. The largest absolute Gasteiger partial charge is 0.383 e. The van der Waals surface area contributed by atoms with Crippen molar-refractivity contribution in [3.05, 3.63) is 35.4 Å². The minimum atomic E-state index is -1.03. The summed E-state index contributed by atoms with van der Waals surface area (Å²) >= 11 is 0. The third-order valence-electron chi connectivity index (χ3n) is 3.92. The van der Waals surface area contributed by atoms with Gasteiger partial charge in [0, 0.05) is 6.92 Å². The summed E-state index contributed by atoms with van der Waals surface area (Å²) in [5.41, 5.74) is 1.000. The lowest BCUT2D eigenvalue weighted by Crippen LogP contribution is -2.49. The molecule has 0 heterocycles. The van der Waals surface area contributed by atoms with E-state index in [1.54, 1.807) is 6.92 Å². The van der Waals surface area contributed by atoms with E-state index in [1.165, 1.54) is 6.92 Å². The van der Waals surface area contributed by atoms with Gasteiger partial charge < -0.3 is 15.7 Å². The van der Waals surface area contributed by atoms with E-state index in [0.29, 0.717) is 6.42 Å². The molecule has 1 aromatic carbocycles. The summed E-state index contributed by atoms with van der Waals surface area (Å²) in [6, 6.07) is 7.18. The lowest BCUT2D eigenvalue weighted by Gasteiger charge is -2.35. The van der Waals surface area contributed by atoms with Crippen LogP contribution in [0.2, 0.25) is 0 Å². The molecule has 1 aromatic rings. The molecule has 2 rings (SSSR count). The van der Waals surface area contributed by atoms with Crippen molar-refractivity contribution >= 4 is 11.8 Å². The highest BCUT2D eigenvalue weighted by atomic mass is 16.3. The van der Waals surface area contributed by atoms with Crippen molar-refractivity contribution in [3.63, 3.8) is 0 Å². The summed E-state index contributed by atoms with van der Waals surface area (Å²) in [4.78, 5) is 22.9. The normalized spacial score (nSPS) is 22.0. The first-order valence-corrected chi connectivity index (χ1v) is 7.28. The second-order valence-electron chi connectivity index (χ2n) is 5.68. The van der Waals surface area contributed by atoms with E-state index < -0.39 is 11.6 Å². The van der Waals surface area contributed by atoms with Crippen LogP contribution >= 0.6 is 0 Å². The first-order valence-electron chi connectivity index (χ1n) is 7.28. The molecule has 3 N–H and O–H groups in total. The molecule has 5 heteroatoms. The first-order chi connectivity index (χ1) is 9.92. The van der Waals surface area contributed by atoms with E-state index in [-0.39, 0.29) is 18.4 Å².